The van der Waals surface area contributed by atoms with Crippen molar-refractivity contribution in [2.24, 2.45) is 0 Å². The van der Waals surface area contributed by atoms with Gasteiger partial charge in [-0.05, 0) is 0 Å². The van der Waals surface area contributed by atoms with E-state index in [2.05, 4.69) is 20.5 Å². The smallest absolute Gasteiger partial charge is 0.340 e. The maximum atomic E-state index is 11.5. The Morgan fingerprint density at radius 3 is 3.06 bits per heavy atom. The molecule has 1 aromatic heterocycles. The average Bonchev–Trinajstić information content (AvgIpc) is 2.73. The predicted molar refractivity (Wildman–Crippen MR) is 51.6 cm³/mol. The van der Waals surface area contributed by atoms with E-state index in [1.807, 2.05) is 0 Å². The summed E-state index contributed by atoms with van der Waals surface area (Å²) in [5, 5.41) is 8.44. The fourth-order valence-corrected chi connectivity index (χ4v) is 1.31. The molecule has 1 aliphatic heterocycles. The van der Waals surface area contributed by atoms with Crippen LogP contribution >= 0.6 is 0 Å². The van der Waals surface area contributed by atoms with Gasteiger partial charge in [0.05, 0.1) is 26.4 Å². The number of nitrogens with zero attached hydrogens (tertiary/aromatic N) is 1. The van der Waals surface area contributed by atoms with Crippen LogP contribution in [-0.4, -0.2) is 47.0 Å². The standard InChI is InChI=1S/C8H12N4O4/c13-7(5-4-15-1-2-16-5)9-3-6-10-8(14)12-11-6/h5H,1-4H2,(H,9,13)(H2,10,11,12,14). The van der Waals surface area contributed by atoms with E-state index in [9.17, 15) is 9.59 Å². The van der Waals surface area contributed by atoms with Crippen molar-refractivity contribution in [3.05, 3.63) is 16.3 Å². The molecule has 1 unspecified atom stereocenters. The number of rotatable bonds is 3. The highest BCUT2D eigenvalue weighted by Crippen LogP contribution is 2.00. The number of hydrogen-bond acceptors (Lipinski definition) is 5. The SMILES string of the molecule is O=C(NCc1n[nH]c(=O)[nH]1)C1COCCO1. The maximum absolute atomic E-state index is 11.5. The minimum Gasteiger partial charge on any atom is -0.376 e. The van der Waals surface area contributed by atoms with Crippen LogP contribution in [0.25, 0.3) is 0 Å². The van der Waals surface area contributed by atoms with Gasteiger partial charge in [-0.3, -0.25) is 9.78 Å². The van der Waals surface area contributed by atoms with Gasteiger partial charge in [0.25, 0.3) is 5.91 Å². The van der Waals surface area contributed by atoms with Crippen LogP contribution in [0.15, 0.2) is 4.79 Å². The first-order valence-electron chi connectivity index (χ1n) is 4.86. The van der Waals surface area contributed by atoms with Gasteiger partial charge in [-0.2, -0.15) is 5.10 Å². The summed E-state index contributed by atoms with van der Waals surface area (Å²) < 4.78 is 10.3. The lowest BCUT2D eigenvalue weighted by Crippen LogP contribution is -2.42. The Morgan fingerprint density at radius 2 is 2.44 bits per heavy atom. The van der Waals surface area contributed by atoms with Crippen LogP contribution < -0.4 is 11.0 Å². The summed E-state index contributed by atoms with van der Waals surface area (Å²) in [7, 11) is 0. The predicted octanol–water partition coefficient (Wildman–Crippen LogP) is -1.87. The second-order valence-electron chi connectivity index (χ2n) is 3.28. The minimum absolute atomic E-state index is 0.150. The maximum Gasteiger partial charge on any atom is 0.340 e. The van der Waals surface area contributed by atoms with Crippen LogP contribution in [0.5, 0.6) is 0 Å². The van der Waals surface area contributed by atoms with Crippen LogP contribution in [0.2, 0.25) is 0 Å². The van der Waals surface area contributed by atoms with Crippen LogP contribution in [0.3, 0.4) is 0 Å². The molecule has 3 N–H and O–H groups in total. The Labute approximate surface area is 90.3 Å². The molecule has 1 amide bonds. The van der Waals surface area contributed by atoms with Gasteiger partial charge in [0, 0.05) is 0 Å². The molecule has 1 fully saturated rings. The molecular weight excluding hydrogens is 216 g/mol. The van der Waals surface area contributed by atoms with Crippen molar-refractivity contribution in [1.82, 2.24) is 20.5 Å². The number of amides is 1. The lowest BCUT2D eigenvalue weighted by atomic mass is 10.3. The van der Waals surface area contributed by atoms with Gasteiger partial charge in [-0.25, -0.2) is 9.89 Å². The van der Waals surface area contributed by atoms with E-state index in [0.29, 0.717) is 19.0 Å². The molecule has 2 heterocycles. The number of ether oxygens (including phenoxy) is 2. The molecular formula is C8H12N4O4. The van der Waals surface area contributed by atoms with E-state index >= 15 is 0 Å². The van der Waals surface area contributed by atoms with Crippen molar-refractivity contribution in [1.29, 1.82) is 0 Å². The van der Waals surface area contributed by atoms with Gasteiger partial charge in [0.2, 0.25) is 0 Å². The normalized spacial score (nSPS) is 20.6. The van der Waals surface area contributed by atoms with E-state index < -0.39 is 11.8 Å². The van der Waals surface area contributed by atoms with Gasteiger partial charge in [0.1, 0.15) is 5.82 Å². The molecule has 1 aromatic rings. The van der Waals surface area contributed by atoms with E-state index in [-0.39, 0.29) is 19.1 Å². The van der Waals surface area contributed by atoms with Crippen molar-refractivity contribution in [2.75, 3.05) is 19.8 Å². The Balaban J connectivity index is 1.81. The molecule has 0 spiro atoms. The Kier molecular flexibility index (Phi) is 3.32. The van der Waals surface area contributed by atoms with Crippen molar-refractivity contribution in [3.8, 4) is 0 Å². The van der Waals surface area contributed by atoms with Gasteiger partial charge in [-0.1, -0.05) is 0 Å². The molecule has 8 nitrogen and oxygen atoms in total. The zero-order valence-electron chi connectivity index (χ0n) is 8.49. The minimum atomic E-state index is -0.584. The van der Waals surface area contributed by atoms with Gasteiger partial charge >= 0.3 is 5.69 Å². The van der Waals surface area contributed by atoms with Crippen molar-refractivity contribution >= 4 is 5.91 Å². The summed E-state index contributed by atoms with van der Waals surface area (Å²) in [6, 6.07) is 0. The molecule has 1 saturated heterocycles. The summed E-state index contributed by atoms with van der Waals surface area (Å²) in [5.41, 5.74) is -0.401. The second-order valence-corrected chi connectivity index (χ2v) is 3.28. The Bertz CT molecular complexity index is 406. The van der Waals surface area contributed by atoms with E-state index in [1.54, 1.807) is 0 Å². The third-order valence-corrected chi connectivity index (χ3v) is 2.09. The molecule has 1 atom stereocenters. The zero-order valence-corrected chi connectivity index (χ0v) is 8.49. The summed E-state index contributed by atoms with van der Waals surface area (Å²) in [5.74, 6) is 0.0960. The highest BCUT2D eigenvalue weighted by Gasteiger charge is 2.22. The highest BCUT2D eigenvalue weighted by atomic mass is 16.6. The summed E-state index contributed by atoms with van der Waals surface area (Å²) in [6.07, 6.45) is -0.584. The number of carbonyl (C=O) groups excluding carboxylic acids is 1. The number of nitrogens with one attached hydrogen (secondary N) is 3. The summed E-state index contributed by atoms with van der Waals surface area (Å²) in [6.45, 7) is 1.33. The molecule has 8 heteroatoms. The summed E-state index contributed by atoms with van der Waals surface area (Å²) in [4.78, 5) is 24.7. The number of H-pyrrole nitrogens is 2. The van der Waals surface area contributed by atoms with Crippen LogP contribution in [-0.2, 0) is 20.8 Å². The third kappa shape index (κ3) is 2.67. The topological polar surface area (TPSA) is 109 Å². The zero-order chi connectivity index (χ0) is 11.4. The van der Waals surface area contributed by atoms with Gasteiger partial charge in [0.15, 0.2) is 6.10 Å². The molecule has 88 valence electrons. The molecule has 0 bridgehead atoms. The quantitative estimate of drug-likeness (QED) is 0.561. The third-order valence-electron chi connectivity index (χ3n) is 2.09. The fourth-order valence-electron chi connectivity index (χ4n) is 1.31. The molecule has 0 radical (unpaired) electrons. The first kappa shape index (κ1) is 10.8. The van der Waals surface area contributed by atoms with Gasteiger partial charge in [-0.15, -0.1) is 0 Å². The van der Waals surface area contributed by atoms with Crippen molar-refractivity contribution in [2.45, 2.75) is 12.6 Å². The lowest BCUT2D eigenvalue weighted by molar-refractivity contribution is -0.147. The van der Waals surface area contributed by atoms with Crippen molar-refractivity contribution < 1.29 is 14.3 Å². The fraction of sp³-hybridized carbons (Fsp3) is 0.625. The number of aromatic amines is 2. The van der Waals surface area contributed by atoms with Gasteiger partial charge < -0.3 is 14.8 Å². The molecule has 0 saturated carbocycles. The highest BCUT2D eigenvalue weighted by molar-refractivity contribution is 5.80. The molecule has 2 rings (SSSR count). The number of carbonyl (C=O) groups is 1. The largest absolute Gasteiger partial charge is 0.376 e. The molecule has 0 aromatic carbocycles. The van der Waals surface area contributed by atoms with Crippen LogP contribution in [0, 0.1) is 0 Å². The first-order valence-corrected chi connectivity index (χ1v) is 4.86. The van der Waals surface area contributed by atoms with E-state index in [1.165, 1.54) is 0 Å². The number of hydrogen-bond donors (Lipinski definition) is 3. The molecule has 16 heavy (non-hydrogen) atoms. The van der Waals surface area contributed by atoms with Crippen LogP contribution in [0.4, 0.5) is 0 Å². The lowest BCUT2D eigenvalue weighted by Gasteiger charge is -2.21. The second kappa shape index (κ2) is 4.90. The Morgan fingerprint density at radius 1 is 1.56 bits per heavy atom. The van der Waals surface area contributed by atoms with Crippen LogP contribution in [0.1, 0.15) is 5.82 Å². The molecule has 1 aliphatic rings. The first-order chi connectivity index (χ1) is 7.75. The van der Waals surface area contributed by atoms with Crippen molar-refractivity contribution in [3.63, 3.8) is 0 Å². The van der Waals surface area contributed by atoms with E-state index in [4.69, 9.17) is 9.47 Å². The molecule has 0 aliphatic carbocycles. The van der Waals surface area contributed by atoms with E-state index in [0.717, 1.165) is 0 Å². The monoisotopic (exact) mass is 228 g/mol. The Hall–Kier alpha value is -1.67. The number of aromatic nitrogens is 3. The average molecular weight is 228 g/mol. The summed E-state index contributed by atoms with van der Waals surface area (Å²) >= 11 is 0.